The molecule has 1 aromatic carbocycles. The van der Waals surface area contributed by atoms with Crippen LogP contribution in [0, 0.1) is 0 Å². The van der Waals surface area contributed by atoms with E-state index in [9.17, 15) is 10.2 Å². The van der Waals surface area contributed by atoms with Gasteiger partial charge in [-0.1, -0.05) is 31.4 Å². The normalized spacial score (nSPS) is 24.8. The van der Waals surface area contributed by atoms with Gasteiger partial charge in [0.15, 0.2) is 0 Å². The minimum Gasteiger partial charge on any atom is -0.506 e. The third-order valence-corrected chi connectivity index (χ3v) is 4.24. The molecule has 18 heavy (non-hydrogen) atoms. The number of hydrogen-bond acceptors (Lipinski definition) is 3. The molecule has 0 bridgehead atoms. The third kappa shape index (κ3) is 3.46. The number of aliphatic hydroxyl groups is 1. The molecule has 0 aromatic heterocycles. The Balaban J connectivity index is 1.95. The summed E-state index contributed by atoms with van der Waals surface area (Å²) in [6, 6.07) is 5.77. The first-order chi connectivity index (χ1) is 8.68. The van der Waals surface area contributed by atoms with E-state index >= 15 is 0 Å². The molecule has 0 spiro atoms. The van der Waals surface area contributed by atoms with E-state index < -0.39 is 0 Å². The molecule has 2 rings (SSSR count). The second-order valence-corrected chi connectivity index (χ2v) is 5.79. The van der Waals surface area contributed by atoms with Gasteiger partial charge in [0, 0.05) is 18.2 Å². The van der Waals surface area contributed by atoms with Crippen LogP contribution in [0.3, 0.4) is 0 Å². The van der Waals surface area contributed by atoms with E-state index in [-0.39, 0.29) is 17.9 Å². The molecule has 1 aromatic rings. The monoisotopic (exact) mass is 313 g/mol. The Bertz CT molecular complexity index is 397. The van der Waals surface area contributed by atoms with Crippen LogP contribution in [0.2, 0.25) is 0 Å². The Labute approximate surface area is 116 Å². The van der Waals surface area contributed by atoms with Gasteiger partial charge in [0.2, 0.25) is 0 Å². The smallest absolute Gasteiger partial charge is 0.134 e. The van der Waals surface area contributed by atoms with Crippen LogP contribution >= 0.6 is 15.9 Å². The number of nitrogens with one attached hydrogen (secondary N) is 1. The molecule has 0 saturated heterocycles. The molecule has 2 atom stereocenters. The number of aromatic hydroxyl groups is 1. The number of halogens is 1. The van der Waals surface area contributed by atoms with Gasteiger partial charge in [0.1, 0.15) is 5.75 Å². The molecule has 3 N–H and O–H groups in total. The second-order valence-electron chi connectivity index (χ2n) is 4.94. The van der Waals surface area contributed by atoms with Gasteiger partial charge in [0.25, 0.3) is 0 Å². The number of hydrogen-bond donors (Lipinski definition) is 3. The molecule has 1 fully saturated rings. The summed E-state index contributed by atoms with van der Waals surface area (Å²) in [6.45, 7) is 0.590. The van der Waals surface area contributed by atoms with Gasteiger partial charge in [-0.25, -0.2) is 0 Å². The minimum absolute atomic E-state index is 0.144. The molecule has 4 heteroatoms. The summed E-state index contributed by atoms with van der Waals surface area (Å²) in [4.78, 5) is 0. The van der Waals surface area contributed by atoms with Gasteiger partial charge in [0.05, 0.1) is 10.6 Å². The van der Waals surface area contributed by atoms with E-state index in [1.807, 2.05) is 18.2 Å². The van der Waals surface area contributed by atoms with E-state index in [0.717, 1.165) is 24.8 Å². The Kier molecular flexibility index (Phi) is 5.03. The lowest BCUT2D eigenvalue weighted by Crippen LogP contribution is -2.38. The van der Waals surface area contributed by atoms with Crippen molar-refractivity contribution in [1.29, 1.82) is 0 Å². The van der Waals surface area contributed by atoms with Gasteiger partial charge in [-0.05, 0) is 34.8 Å². The van der Waals surface area contributed by atoms with Crippen molar-refractivity contribution in [3.8, 4) is 5.75 Å². The first kappa shape index (κ1) is 13.8. The van der Waals surface area contributed by atoms with E-state index in [0.29, 0.717) is 11.0 Å². The quantitative estimate of drug-likeness (QED) is 0.752. The van der Waals surface area contributed by atoms with Gasteiger partial charge in [-0.15, -0.1) is 0 Å². The molecular weight excluding hydrogens is 294 g/mol. The maximum atomic E-state index is 10.0. The lowest BCUT2D eigenvalue weighted by Gasteiger charge is -2.22. The standard InChI is InChI=1S/C14H20BrNO2/c15-11-6-4-5-10(14(11)18)9-16-12-7-2-1-3-8-13(12)17/h4-6,12-13,16-18H,1-3,7-9H2. The lowest BCUT2D eigenvalue weighted by molar-refractivity contribution is 0.119. The van der Waals surface area contributed by atoms with Gasteiger partial charge in [-0.2, -0.15) is 0 Å². The van der Waals surface area contributed by atoms with Gasteiger partial charge >= 0.3 is 0 Å². The van der Waals surface area contributed by atoms with Crippen LogP contribution in [0.4, 0.5) is 0 Å². The fourth-order valence-corrected chi connectivity index (χ4v) is 2.88. The molecule has 100 valence electrons. The van der Waals surface area contributed by atoms with Gasteiger partial charge in [-0.3, -0.25) is 0 Å². The fourth-order valence-electron chi connectivity index (χ4n) is 2.47. The molecular formula is C14H20BrNO2. The molecule has 0 radical (unpaired) electrons. The van der Waals surface area contributed by atoms with Crippen LogP contribution in [-0.2, 0) is 6.54 Å². The van der Waals surface area contributed by atoms with Crippen molar-refractivity contribution in [1.82, 2.24) is 5.32 Å². The van der Waals surface area contributed by atoms with Gasteiger partial charge < -0.3 is 15.5 Å². The van der Waals surface area contributed by atoms with Crippen LogP contribution in [0.5, 0.6) is 5.75 Å². The number of phenols is 1. The number of benzene rings is 1. The van der Waals surface area contributed by atoms with Crippen LogP contribution in [0.25, 0.3) is 0 Å². The number of aliphatic hydroxyl groups excluding tert-OH is 1. The highest BCUT2D eigenvalue weighted by Crippen LogP contribution is 2.27. The van der Waals surface area contributed by atoms with E-state index in [2.05, 4.69) is 21.2 Å². The van der Waals surface area contributed by atoms with E-state index in [1.54, 1.807) is 0 Å². The second kappa shape index (κ2) is 6.55. The zero-order valence-electron chi connectivity index (χ0n) is 10.4. The first-order valence-corrected chi connectivity index (χ1v) is 7.35. The Morgan fingerprint density at radius 3 is 2.83 bits per heavy atom. The summed E-state index contributed by atoms with van der Waals surface area (Å²) in [6.07, 6.45) is 5.11. The summed E-state index contributed by atoms with van der Waals surface area (Å²) in [5.74, 6) is 0.285. The minimum atomic E-state index is -0.262. The SMILES string of the molecule is Oc1c(Br)cccc1CNC1CCCCCC1O. The van der Waals surface area contributed by atoms with Crippen molar-refractivity contribution >= 4 is 15.9 Å². The number of phenolic OH excluding ortho intramolecular Hbond substituents is 1. The highest BCUT2D eigenvalue weighted by molar-refractivity contribution is 9.10. The maximum absolute atomic E-state index is 10.0. The van der Waals surface area contributed by atoms with Crippen molar-refractivity contribution in [2.75, 3.05) is 0 Å². The molecule has 1 aliphatic rings. The number of para-hydroxylation sites is 1. The molecule has 3 nitrogen and oxygen atoms in total. The molecule has 0 aliphatic heterocycles. The largest absolute Gasteiger partial charge is 0.506 e. The first-order valence-electron chi connectivity index (χ1n) is 6.56. The molecule has 1 saturated carbocycles. The van der Waals surface area contributed by atoms with Crippen molar-refractivity contribution in [3.05, 3.63) is 28.2 Å². The van der Waals surface area contributed by atoms with Crippen molar-refractivity contribution in [2.24, 2.45) is 0 Å². The fraction of sp³-hybridized carbons (Fsp3) is 0.571. The summed E-state index contributed by atoms with van der Waals surface area (Å²) < 4.78 is 0.711. The number of rotatable bonds is 3. The predicted octanol–water partition coefficient (Wildman–Crippen LogP) is 2.94. The Morgan fingerprint density at radius 1 is 1.22 bits per heavy atom. The van der Waals surface area contributed by atoms with Crippen LogP contribution in [0.1, 0.15) is 37.7 Å². The summed E-state index contributed by atoms with van der Waals surface area (Å²) in [5, 5.41) is 23.3. The molecule has 1 aliphatic carbocycles. The van der Waals surface area contributed by atoms with Crippen molar-refractivity contribution in [2.45, 2.75) is 50.8 Å². The van der Waals surface area contributed by atoms with Crippen LogP contribution in [0.15, 0.2) is 22.7 Å². The van der Waals surface area contributed by atoms with Crippen molar-refractivity contribution < 1.29 is 10.2 Å². The zero-order valence-corrected chi connectivity index (χ0v) is 12.0. The predicted molar refractivity (Wildman–Crippen MR) is 75.5 cm³/mol. The topological polar surface area (TPSA) is 52.5 Å². The maximum Gasteiger partial charge on any atom is 0.134 e. The molecule has 0 amide bonds. The van der Waals surface area contributed by atoms with E-state index in [1.165, 1.54) is 12.8 Å². The molecule has 2 unspecified atom stereocenters. The summed E-state index contributed by atoms with van der Waals surface area (Å²) >= 11 is 3.31. The highest BCUT2D eigenvalue weighted by Gasteiger charge is 2.21. The Morgan fingerprint density at radius 2 is 2.00 bits per heavy atom. The van der Waals surface area contributed by atoms with Crippen LogP contribution in [-0.4, -0.2) is 22.4 Å². The van der Waals surface area contributed by atoms with Crippen LogP contribution < -0.4 is 5.32 Å². The van der Waals surface area contributed by atoms with E-state index in [4.69, 9.17) is 0 Å². The summed E-state index contributed by atoms with van der Waals surface area (Å²) in [5.41, 5.74) is 0.862. The zero-order chi connectivity index (χ0) is 13.0. The average molecular weight is 314 g/mol. The highest BCUT2D eigenvalue weighted by atomic mass is 79.9. The molecule has 0 heterocycles. The third-order valence-electron chi connectivity index (χ3n) is 3.60. The lowest BCUT2D eigenvalue weighted by atomic mass is 10.1. The van der Waals surface area contributed by atoms with Crippen molar-refractivity contribution in [3.63, 3.8) is 0 Å². The average Bonchev–Trinajstić information content (AvgIpc) is 2.56. The summed E-state index contributed by atoms with van der Waals surface area (Å²) in [7, 11) is 0. The Hall–Kier alpha value is -0.580.